The standard InChI is InChI=1S/C44H65N5O10/c1-12-29(7)35(39(53)57-11)47-36(50)32(13-2)46-40(54)44(25-30-20-16-14-17-21-30,41(55)58-26-31-22-18-15-19-23-31)49-37(51)33(24-27(3)4)45-38(52)34(28(5)6)48-42(56)59-43(8,9)10/h14-23,27-29,32-35H,12-13,24-26H2,1-11H3,(H,45,52)(H,46,54)(H,47,50)(H,48,56)(H,49,51)/t29-,32-,33-,34-,35-,44?/m0/s1. The van der Waals surface area contributed by atoms with E-state index in [9.17, 15) is 33.6 Å². The van der Waals surface area contributed by atoms with Crippen LogP contribution in [-0.4, -0.2) is 84.1 Å². The van der Waals surface area contributed by atoms with Gasteiger partial charge in [-0.05, 0) is 62.5 Å². The van der Waals surface area contributed by atoms with Gasteiger partial charge in [0.2, 0.25) is 23.3 Å². The van der Waals surface area contributed by atoms with Crippen LogP contribution in [0.15, 0.2) is 60.7 Å². The average molecular weight is 824 g/mol. The average Bonchev–Trinajstić information content (AvgIpc) is 3.18. The molecule has 0 saturated carbocycles. The molecule has 0 aliphatic rings. The predicted octanol–water partition coefficient (Wildman–Crippen LogP) is 4.51. The normalized spacial score (nSPS) is 14.9. The second-order valence-electron chi connectivity index (χ2n) is 16.5. The maximum Gasteiger partial charge on any atom is 0.408 e. The van der Waals surface area contributed by atoms with Crippen molar-refractivity contribution in [3.8, 4) is 0 Å². The van der Waals surface area contributed by atoms with Crippen molar-refractivity contribution in [1.82, 2.24) is 26.6 Å². The molecule has 0 heterocycles. The van der Waals surface area contributed by atoms with E-state index < -0.39 is 89.3 Å². The van der Waals surface area contributed by atoms with E-state index in [0.717, 1.165) is 0 Å². The summed E-state index contributed by atoms with van der Waals surface area (Å²) in [6.45, 7) is 17.1. The Labute approximate surface area is 348 Å². The molecule has 15 nitrogen and oxygen atoms in total. The first-order valence-corrected chi connectivity index (χ1v) is 20.2. The maximum atomic E-state index is 14.9. The molecule has 0 fully saturated rings. The van der Waals surface area contributed by atoms with Gasteiger partial charge in [-0.15, -0.1) is 0 Å². The van der Waals surface area contributed by atoms with Gasteiger partial charge in [-0.1, -0.05) is 116 Å². The molecule has 0 aromatic heterocycles. The third-order valence-electron chi connectivity index (χ3n) is 9.55. The first-order valence-electron chi connectivity index (χ1n) is 20.2. The molecule has 0 radical (unpaired) electrons. The van der Waals surface area contributed by atoms with E-state index in [2.05, 4.69) is 26.6 Å². The second-order valence-corrected chi connectivity index (χ2v) is 16.5. The molecular formula is C44H65N5O10. The van der Waals surface area contributed by atoms with Crippen molar-refractivity contribution in [2.24, 2.45) is 17.8 Å². The van der Waals surface area contributed by atoms with E-state index in [1.165, 1.54) is 7.11 Å². The van der Waals surface area contributed by atoms with Crippen molar-refractivity contribution in [3.05, 3.63) is 71.8 Å². The number of hydrogen-bond acceptors (Lipinski definition) is 10. The number of rotatable bonds is 21. The molecule has 2 aromatic rings. The van der Waals surface area contributed by atoms with Crippen LogP contribution in [0, 0.1) is 17.8 Å². The number of ether oxygens (including phenoxy) is 3. The molecule has 2 rings (SSSR count). The van der Waals surface area contributed by atoms with E-state index in [-0.39, 0.29) is 31.3 Å². The lowest BCUT2D eigenvalue weighted by Crippen LogP contribution is -2.69. The minimum atomic E-state index is -2.49. The van der Waals surface area contributed by atoms with Gasteiger partial charge in [0.25, 0.3) is 5.91 Å². The van der Waals surface area contributed by atoms with Gasteiger partial charge in [0, 0.05) is 6.42 Å². The van der Waals surface area contributed by atoms with Crippen LogP contribution in [-0.2, 0) is 56.0 Å². The summed E-state index contributed by atoms with van der Waals surface area (Å²) in [5.74, 6) is -6.07. The largest absolute Gasteiger partial charge is 0.467 e. The van der Waals surface area contributed by atoms with E-state index >= 15 is 0 Å². The van der Waals surface area contributed by atoms with Gasteiger partial charge in [0.05, 0.1) is 7.11 Å². The Bertz CT molecular complexity index is 1710. The molecule has 0 spiro atoms. The predicted molar refractivity (Wildman–Crippen MR) is 222 cm³/mol. The fraction of sp³-hybridized carbons (Fsp3) is 0.568. The first-order chi connectivity index (χ1) is 27.7. The van der Waals surface area contributed by atoms with Crippen LogP contribution in [0.3, 0.4) is 0 Å². The van der Waals surface area contributed by atoms with Crippen molar-refractivity contribution in [3.63, 3.8) is 0 Å². The third kappa shape index (κ3) is 15.7. The Kier molecular flexibility index (Phi) is 19.5. The molecule has 326 valence electrons. The SMILES string of the molecule is CC[C@H](NC(=O)C(Cc1ccccc1)(NC(=O)[C@H](CC(C)C)NC(=O)[C@@H](NC(=O)OC(C)(C)C)C(C)C)C(=O)OCc1ccccc1)C(=O)N[C@H](C(=O)OC)[C@@H](C)CC. The minimum Gasteiger partial charge on any atom is -0.467 e. The molecular weight excluding hydrogens is 759 g/mol. The minimum absolute atomic E-state index is 0.0354. The topological polar surface area (TPSA) is 207 Å². The van der Waals surface area contributed by atoms with E-state index in [4.69, 9.17) is 14.2 Å². The smallest absolute Gasteiger partial charge is 0.408 e. The van der Waals surface area contributed by atoms with Crippen molar-refractivity contribution < 1.29 is 47.8 Å². The van der Waals surface area contributed by atoms with Crippen LogP contribution >= 0.6 is 0 Å². The zero-order valence-electron chi connectivity index (χ0n) is 36.4. The van der Waals surface area contributed by atoms with Crippen LogP contribution in [0.4, 0.5) is 4.79 Å². The quantitative estimate of drug-likeness (QED) is 0.0677. The van der Waals surface area contributed by atoms with Gasteiger partial charge in [-0.25, -0.2) is 14.4 Å². The zero-order chi connectivity index (χ0) is 44.5. The van der Waals surface area contributed by atoms with Gasteiger partial charge >= 0.3 is 18.0 Å². The van der Waals surface area contributed by atoms with Crippen LogP contribution in [0.25, 0.3) is 0 Å². The van der Waals surface area contributed by atoms with Crippen molar-refractivity contribution in [1.29, 1.82) is 0 Å². The highest BCUT2D eigenvalue weighted by molar-refractivity contribution is 6.12. The highest BCUT2D eigenvalue weighted by atomic mass is 16.6. The summed E-state index contributed by atoms with van der Waals surface area (Å²) >= 11 is 0. The zero-order valence-corrected chi connectivity index (χ0v) is 36.4. The highest BCUT2D eigenvalue weighted by Crippen LogP contribution is 2.21. The van der Waals surface area contributed by atoms with Crippen LogP contribution in [0.2, 0.25) is 0 Å². The van der Waals surface area contributed by atoms with Gasteiger partial charge in [-0.3, -0.25) is 19.2 Å². The van der Waals surface area contributed by atoms with E-state index in [1.54, 1.807) is 109 Å². The summed E-state index contributed by atoms with van der Waals surface area (Å²) < 4.78 is 16.1. The lowest BCUT2D eigenvalue weighted by atomic mass is 9.88. The van der Waals surface area contributed by atoms with E-state index in [0.29, 0.717) is 17.5 Å². The number of esters is 2. The van der Waals surface area contributed by atoms with Gasteiger partial charge < -0.3 is 40.8 Å². The summed E-state index contributed by atoms with van der Waals surface area (Å²) in [5, 5.41) is 13.3. The van der Waals surface area contributed by atoms with Gasteiger partial charge in [0.15, 0.2) is 0 Å². The number of carbonyl (C=O) groups excluding carboxylic acids is 7. The number of carbonyl (C=O) groups is 7. The number of nitrogens with one attached hydrogen (secondary N) is 5. The Morgan fingerprint density at radius 1 is 0.661 bits per heavy atom. The lowest BCUT2D eigenvalue weighted by molar-refractivity contribution is -0.160. The number of alkyl carbamates (subject to hydrolysis) is 1. The Morgan fingerprint density at radius 3 is 1.73 bits per heavy atom. The molecule has 0 aliphatic carbocycles. The summed E-state index contributed by atoms with van der Waals surface area (Å²) in [4.78, 5) is 97.0. The number of hydrogen-bond donors (Lipinski definition) is 5. The summed E-state index contributed by atoms with van der Waals surface area (Å²) in [5.41, 5.74) is -2.27. The molecule has 5 amide bonds. The summed E-state index contributed by atoms with van der Waals surface area (Å²) in [6, 6.07) is 12.5. The molecule has 59 heavy (non-hydrogen) atoms. The highest BCUT2D eigenvalue weighted by Gasteiger charge is 2.51. The lowest BCUT2D eigenvalue weighted by Gasteiger charge is -2.35. The summed E-state index contributed by atoms with van der Waals surface area (Å²) in [6.07, 6.45) is -0.597. The molecule has 5 N–H and O–H groups in total. The van der Waals surface area contributed by atoms with Crippen molar-refractivity contribution in [2.75, 3.05) is 7.11 Å². The Hall–Kier alpha value is -5.47. The maximum absolute atomic E-state index is 14.9. The van der Waals surface area contributed by atoms with Crippen LogP contribution < -0.4 is 26.6 Å². The molecule has 0 bridgehead atoms. The summed E-state index contributed by atoms with van der Waals surface area (Å²) in [7, 11) is 1.21. The molecule has 2 aromatic carbocycles. The first kappa shape index (κ1) is 49.7. The fourth-order valence-corrected chi connectivity index (χ4v) is 6.06. The molecule has 0 saturated heterocycles. The van der Waals surface area contributed by atoms with Crippen LogP contribution in [0.1, 0.15) is 99.6 Å². The molecule has 6 atom stereocenters. The monoisotopic (exact) mass is 823 g/mol. The van der Waals surface area contributed by atoms with Crippen molar-refractivity contribution >= 4 is 41.7 Å². The van der Waals surface area contributed by atoms with Crippen LogP contribution in [0.5, 0.6) is 0 Å². The van der Waals surface area contributed by atoms with Gasteiger partial charge in [-0.2, -0.15) is 0 Å². The third-order valence-corrected chi connectivity index (χ3v) is 9.55. The Balaban J connectivity index is 2.68. The molecule has 1 unspecified atom stereocenters. The number of methoxy groups -OCH3 is 1. The number of amides is 5. The Morgan fingerprint density at radius 2 is 1.24 bits per heavy atom. The van der Waals surface area contributed by atoms with Crippen molar-refractivity contribution in [2.45, 2.75) is 137 Å². The fourth-order valence-electron chi connectivity index (χ4n) is 6.06. The molecule has 0 aliphatic heterocycles. The van der Waals surface area contributed by atoms with Gasteiger partial charge in [0.1, 0.15) is 36.4 Å². The van der Waals surface area contributed by atoms with E-state index in [1.807, 2.05) is 20.8 Å². The molecule has 15 heteroatoms. The number of benzene rings is 2. The second kappa shape index (κ2) is 23.2.